The van der Waals surface area contributed by atoms with E-state index in [9.17, 15) is 4.79 Å². The molecule has 5 heteroatoms. The Morgan fingerprint density at radius 2 is 1.82 bits per heavy atom. The van der Waals surface area contributed by atoms with Crippen LogP contribution in [-0.2, 0) is 6.54 Å². The maximum atomic E-state index is 13.4. The molecule has 0 saturated carbocycles. The van der Waals surface area contributed by atoms with Crippen LogP contribution in [0.1, 0.15) is 27.6 Å². The van der Waals surface area contributed by atoms with E-state index < -0.39 is 0 Å². The molecule has 1 saturated heterocycles. The van der Waals surface area contributed by atoms with E-state index in [2.05, 4.69) is 17.0 Å². The van der Waals surface area contributed by atoms with Gasteiger partial charge in [0.05, 0.1) is 0 Å². The van der Waals surface area contributed by atoms with Crippen molar-refractivity contribution in [3.05, 3.63) is 71.5 Å². The lowest BCUT2D eigenvalue weighted by Gasteiger charge is -2.17. The van der Waals surface area contributed by atoms with Crippen molar-refractivity contribution in [3.8, 4) is 0 Å². The highest BCUT2D eigenvalue weighted by Crippen LogP contribution is 2.34. The summed E-state index contributed by atoms with van der Waals surface area (Å²) in [6, 6.07) is 18.2. The normalized spacial score (nSPS) is 19.6. The van der Waals surface area contributed by atoms with Crippen LogP contribution in [0.5, 0.6) is 0 Å². The summed E-state index contributed by atoms with van der Waals surface area (Å²) >= 11 is 0. The summed E-state index contributed by atoms with van der Waals surface area (Å²) < 4.78 is 6.03. The van der Waals surface area contributed by atoms with Crippen molar-refractivity contribution in [1.29, 1.82) is 0 Å². The Hall–Kier alpha value is -2.63. The lowest BCUT2D eigenvalue weighted by molar-refractivity contribution is 0.0754. The second kappa shape index (κ2) is 7.78. The maximum absolute atomic E-state index is 13.4. The molecule has 1 aliphatic rings. The number of carbonyl (C=O) groups is 1. The zero-order chi connectivity index (χ0) is 19.7. The van der Waals surface area contributed by atoms with Crippen LogP contribution < -0.4 is 5.73 Å². The Kier molecular flexibility index (Phi) is 5.20. The number of furan rings is 1. The van der Waals surface area contributed by atoms with Gasteiger partial charge in [0.15, 0.2) is 5.76 Å². The molecule has 0 bridgehead atoms. The molecule has 0 spiro atoms. The van der Waals surface area contributed by atoms with Crippen LogP contribution >= 0.6 is 0 Å². The van der Waals surface area contributed by atoms with Gasteiger partial charge in [0, 0.05) is 36.5 Å². The van der Waals surface area contributed by atoms with Gasteiger partial charge >= 0.3 is 0 Å². The Morgan fingerprint density at radius 3 is 2.54 bits per heavy atom. The Bertz CT molecular complexity index is 964. The third-order valence-corrected chi connectivity index (χ3v) is 5.63. The van der Waals surface area contributed by atoms with Gasteiger partial charge in [-0.2, -0.15) is 0 Å². The second-order valence-electron chi connectivity index (χ2n) is 7.87. The number of amides is 1. The van der Waals surface area contributed by atoms with Crippen molar-refractivity contribution < 1.29 is 9.21 Å². The van der Waals surface area contributed by atoms with Gasteiger partial charge in [-0.25, -0.2) is 0 Å². The van der Waals surface area contributed by atoms with Gasteiger partial charge in [0.2, 0.25) is 0 Å². The monoisotopic (exact) mass is 377 g/mol. The molecular weight excluding hydrogens is 350 g/mol. The third-order valence-electron chi connectivity index (χ3n) is 5.63. The van der Waals surface area contributed by atoms with Crippen LogP contribution in [0.4, 0.5) is 0 Å². The van der Waals surface area contributed by atoms with E-state index in [0.717, 1.165) is 16.5 Å². The molecule has 1 aromatic heterocycles. The van der Waals surface area contributed by atoms with Crippen molar-refractivity contribution in [2.75, 3.05) is 33.7 Å². The lowest BCUT2D eigenvalue weighted by Crippen LogP contribution is -2.30. The van der Waals surface area contributed by atoms with Gasteiger partial charge in [-0.3, -0.25) is 4.79 Å². The summed E-state index contributed by atoms with van der Waals surface area (Å²) in [7, 11) is 4.00. The molecular formula is C23H27N3O2. The van der Waals surface area contributed by atoms with E-state index >= 15 is 0 Å². The standard InChI is InChI=1S/C23H27N3O2/c1-25(2)14-20-18-10-6-7-11-21(18)28-22(20)23(27)26-13-17(12-24)19(15-26)16-8-4-3-5-9-16/h3-11,17,19H,12-15,24H2,1-2H3/t17-,19+/m1/s1. The first-order chi connectivity index (χ1) is 13.6. The number of para-hydroxylation sites is 1. The van der Waals surface area contributed by atoms with Crippen molar-refractivity contribution >= 4 is 16.9 Å². The molecule has 2 aromatic carbocycles. The zero-order valence-corrected chi connectivity index (χ0v) is 16.5. The van der Waals surface area contributed by atoms with Crippen LogP contribution in [0.25, 0.3) is 11.0 Å². The molecule has 5 nitrogen and oxygen atoms in total. The molecule has 4 rings (SSSR count). The summed E-state index contributed by atoms with van der Waals surface area (Å²) in [5.74, 6) is 0.939. The SMILES string of the molecule is CN(C)Cc1c(C(=O)N2C[C@@H](CN)[C@H](c3ccccc3)C2)oc2ccccc12. The average molecular weight is 377 g/mol. The fraction of sp³-hybridized carbons (Fsp3) is 0.348. The first-order valence-corrected chi connectivity index (χ1v) is 9.78. The van der Waals surface area contributed by atoms with Crippen LogP contribution in [-0.4, -0.2) is 49.4 Å². The van der Waals surface area contributed by atoms with E-state index in [1.165, 1.54) is 5.56 Å². The van der Waals surface area contributed by atoms with E-state index in [0.29, 0.717) is 31.9 Å². The molecule has 146 valence electrons. The van der Waals surface area contributed by atoms with Crippen LogP contribution in [0.15, 0.2) is 59.0 Å². The van der Waals surface area contributed by atoms with E-state index in [1.54, 1.807) is 0 Å². The molecule has 1 aliphatic heterocycles. The van der Waals surface area contributed by atoms with Crippen molar-refractivity contribution in [1.82, 2.24) is 9.80 Å². The van der Waals surface area contributed by atoms with Crippen molar-refractivity contribution in [3.63, 3.8) is 0 Å². The van der Waals surface area contributed by atoms with E-state index in [4.69, 9.17) is 10.2 Å². The van der Waals surface area contributed by atoms with Gasteiger partial charge in [0.1, 0.15) is 5.58 Å². The molecule has 0 radical (unpaired) electrons. The Balaban J connectivity index is 1.66. The maximum Gasteiger partial charge on any atom is 0.289 e. The molecule has 2 N–H and O–H groups in total. The largest absolute Gasteiger partial charge is 0.451 e. The van der Waals surface area contributed by atoms with Gasteiger partial charge in [-0.1, -0.05) is 48.5 Å². The molecule has 2 atom stereocenters. The number of carbonyl (C=O) groups excluding carboxylic acids is 1. The number of nitrogens with two attached hydrogens (primary N) is 1. The molecule has 0 unspecified atom stereocenters. The number of likely N-dealkylation sites (tertiary alicyclic amines) is 1. The number of nitrogens with zero attached hydrogens (tertiary/aromatic N) is 2. The summed E-state index contributed by atoms with van der Waals surface area (Å²) in [5.41, 5.74) is 9.01. The fourth-order valence-corrected chi connectivity index (χ4v) is 4.24. The highest BCUT2D eigenvalue weighted by Gasteiger charge is 2.37. The molecule has 1 amide bonds. The van der Waals surface area contributed by atoms with Crippen LogP contribution in [0.2, 0.25) is 0 Å². The van der Waals surface area contributed by atoms with Gasteiger partial charge in [-0.05, 0) is 38.2 Å². The number of hydrogen-bond acceptors (Lipinski definition) is 4. The summed E-state index contributed by atoms with van der Waals surface area (Å²) in [6.07, 6.45) is 0. The minimum absolute atomic E-state index is 0.0371. The molecule has 2 heterocycles. The predicted octanol–water partition coefficient (Wildman–Crippen LogP) is 3.31. The van der Waals surface area contributed by atoms with Gasteiger partial charge < -0.3 is 20.0 Å². The van der Waals surface area contributed by atoms with Gasteiger partial charge in [0.25, 0.3) is 5.91 Å². The fourth-order valence-electron chi connectivity index (χ4n) is 4.24. The first kappa shape index (κ1) is 18.7. The Morgan fingerprint density at radius 1 is 1.11 bits per heavy atom. The van der Waals surface area contributed by atoms with Crippen LogP contribution in [0, 0.1) is 5.92 Å². The summed E-state index contributed by atoms with van der Waals surface area (Å²) in [6.45, 7) is 2.55. The van der Waals surface area contributed by atoms with E-state index in [1.807, 2.05) is 61.5 Å². The first-order valence-electron chi connectivity index (χ1n) is 9.78. The molecule has 1 fully saturated rings. The predicted molar refractivity (Wildman–Crippen MR) is 111 cm³/mol. The number of benzene rings is 2. The zero-order valence-electron chi connectivity index (χ0n) is 16.5. The molecule has 3 aromatic rings. The third kappa shape index (κ3) is 3.43. The van der Waals surface area contributed by atoms with Crippen LogP contribution in [0.3, 0.4) is 0 Å². The number of hydrogen-bond donors (Lipinski definition) is 1. The lowest BCUT2D eigenvalue weighted by atomic mass is 9.89. The van der Waals surface area contributed by atoms with Crippen molar-refractivity contribution in [2.45, 2.75) is 12.5 Å². The highest BCUT2D eigenvalue weighted by molar-refractivity contribution is 5.99. The molecule has 0 aliphatic carbocycles. The highest BCUT2D eigenvalue weighted by atomic mass is 16.3. The quantitative estimate of drug-likeness (QED) is 0.741. The Labute approximate surface area is 165 Å². The molecule has 28 heavy (non-hydrogen) atoms. The minimum Gasteiger partial charge on any atom is -0.451 e. The topological polar surface area (TPSA) is 62.7 Å². The summed E-state index contributed by atoms with van der Waals surface area (Å²) in [5, 5.41) is 1.01. The smallest absolute Gasteiger partial charge is 0.289 e. The number of rotatable bonds is 5. The second-order valence-corrected chi connectivity index (χ2v) is 7.87. The van der Waals surface area contributed by atoms with E-state index in [-0.39, 0.29) is 17.7 Å². The van der Waals surface area contributed by atoms with Gasteiger partial charge in [-0.15, -0.1) is 0 Å². The average Bonchev–Trinajstić information content (AvgIpc) is 3.30. The van der Waals surface area contributed by atoms with Crippen molar-refractivity contribution in [2.24, 2.45) is 11.7 Å². The summed E-state index contributed by atoms with van der Waals surface area (Å²) in [4.78, 5) is 17.4. The minimum atomic E-state index is -0.0371. The number of fused-ring (bicyclic) bond motifs is 1.